The summed E-state index contributed by atoms with van der Waals surface area (Å²) >= 11 is 1.70. The lowest BCUT2D eigenvalue weighted by molar-refractivity contribution is 0.215. The molecule has 0 atom stereocenters. The molecule has 0 aromatic rings. The molecule has 1 radical (unpaired) electrons. The van der Waals surface area contributed by atoms with Gasteiger partial charge in [0.25, 0.3) is 0 Å². The van der Waals surface area contributed by atoms with Gasteiger partial charge in [-0.3, -0.25) is 0 Å². The van der Waals surface area contributed by atoms with Gasteiger partial charge in [0.2, 0.25) is 0 Å². The van der Waals surface area contributed by atoms with Crippen molar-refractivity contribution >= 4 is 11.8 Å². The van der Waals surface area contributed by atoms with Crippen molar-refractivity contribution in [3.05, 3.63) is 0 Å². The summed E-state index contributed by atoms with van der Waals surface area (Å²) in [6.45, 7) is 2.12. The molecular formula is C4H9OS. The second-order valence-corrected chi connectivity index (χ2v) is 2.29. The van der Waals surface area contributed by atoms with Gasteiger partial charge in [-0.05, 0) is 5.75 Å². The van der Waals surface area contributed by atoms with E-state index in [2.05, 4.69) is 6.92 Å². The first-order valence-electron chi connectivity index (χ1n) is 2.07. The summed E-state index contributed by atoms with van der Waals surface area (Å²) in [7, 11) is 0. The van der Waals surface area contributed by atoms with E-state index in [1.165, 1.54) is 0 Å². The summed E-state index contributed by atoms with van der Waals surface area (Å²) < 4.78 is 0. The van der Waals surface area contributed by atoms with Crippen molar-refractivity contribution in [2.45, 2.75) is 6.92 Å². The van der Waals surface area contributed by atoms with Gasteiger partial charge in [-0.1, -0.05) is 6.92 Å². The standard InChI is InChI=1S/C4H9OS/c1-2-6-4-3-5/h2-4H2,1H3. The molecule has 0 saturated heterocycles. The normalized spacial score (nSPS) is 9.00. The minimum absolute atomic E-state index is 0.0680. The maximum atomic E-state index is 9.67. The highest BCUT2D eigenvalue weighted by molar-refractivity contribution is 7.99. The monoisotopic (exact) mass is 105 g/mol. The number of hydrogen-bond donors (Lipinski definition) is 0. The van der Waals surface area contributed by atoms with Crippen molar-refractivity contribution in [3.63, 3.8) is 0 Å². The van der Waals surface area contributed by atoms with Crippen molar-refractivity contribution < 1.29 is 5.11 Å². The van der Waals surface area contributed by atoms with Crippen LogP contribution in [0.3, 0.4) is 0 Å². The van der Waals surface area contributed by atoms with Crippen LogP contribution in [0, 0.1) is 0 Å². The molecule has 6 heavy (non-hydrogen) atoms. The predicted molar refractivity (Wildman–Crippen MR) is 28.6 cm³/mol. The molecule has 0 bridgehead atoms. The van der Waals surface area contributed by atoms with Crippen LogP contribution in [0.25, 0.3) is 0 Å². The molecule has 0 amide bonds. The Morgan fingerprint density at radius 2 is 2.33 bits per heavy atom. The Hall–Kier alpha value is 0.310. The highest BCUT2D eigenvalue weighted by Gasteiger charge is 1.77. The molecule has 0 fully saturated rings. The summed E-state index contributed by atoms with van der Waals surface area (Å²) in [5.74, 6) is 1.85. The van der Waals surface area contributed by atoms with Crippen LogP contribution in [-0.4, -0.2) is 18.1 Å². The van der Waals surface area contributed by atoms with E-state index >= 15 is 0 Å². The molecule has 0 rings (SSSR count). The third-order valence-electron chi connectivity index (χ3n) is 0.432. The van der Waals surface area contributed by atoms with Crippen molar-refractivity contribution in [2.75, 3.05) is 18.1 Å². The fourth-order valence-corrected chi connectivity index (χ4v) is 0.610. The van der Waals surface area contributed by atoms with E-state index in [1.807, 2.05) is 0 Å². The molecule has 0 aliphatic rings. The quantitative estimate of drug-likeness (QED) is 0.493. The Labute approximate surface area is 42.8 Å². The van der Waals surface area contributed by atoms with E-state index in [9.17, 15) is 5.11 Å². The van der Waals surface area contributed by atoms with Crippen molar-refractivity contribution in [1.82, 2.24) is 0 Å². The molecule has 37 valence electrons. The molecule has 0 aliphatic heterocycles. The van der Waals surface area contributed by atoms with E-state index in [1.54, 1.807) is 11.8 Å². The average molecular weight is 105 g/mol. The van der Waals surface area contributed by atoms with Gasteiger partial charge in [-0.15, -0.1) is 0 Å². The predicted octanol–water partition coefficient (Wildman–Crippen LogP) is 1.17. The number of rotatable bonds is 3. The molecular weight excluding hydrogens is 96.1 g/mol. The molecule has 0 aromatic heterocycles. The zero-order chi connectivity index (χ0) is 4.83. The molecule has 0 saturated carbocycles. The molecule has 0 heterocycles. The van der Waals surface area contributed by atoms with Crippen LogP contribution in [0.2, 0.25) is 0 Å². The maximum absolute atomic E-state index is 9.67. The first kappa shape index (κ1) is 6.31. The summed E-state index contributed by atoms with van der Waals surface area (Å²) in [6.07, 6.45) is 0. The van der Waals surface area contributed by atoms with E-state index in [4.69, 9.17) is 0 Å². The van der Waals surface area contributed by atoms with E-state index < -0.39 is 0 Å². The highest BCUT2D eigenvalue weighted by Crippen LogP contribution is 1.94. The van der Waals surface area contributed by atoms with Gasteiger partial charge in [0, 0.05) is 5.75 Å². The van der Waals surface area contributed by atoms with E-state index in [-0.39, 0.29) is 6.61 Å². The van der Waals surface area contributed by atoms with Crippen LogP contribution in [0.5, 0.6) is 0 Å². The van der Waals surface area contributed by atoms with E-state index in [0.717, 1.165) is 11.5 Å². The summed E-state index contributed by atoms with van der Waals surface area (Å²) in [4.78, 5) is 0. The molecule has 0 spiro atoms. The third-order valence-corrected chi connectivity index (χ3v) is 1.30. The Balaban J connectivity index is 2.34. The van der Waals surface area contributed by atoms with Gasteiger partial charge >= 0.3 is 0 Å². The van der Waals surface area contributed by atoms with Crippen LogP contribution in [0.15, 0.2) is 0 Å². The van der Waals surface area contributed by atoms with Crippen LogP contribution in [0.1, 0.15) is 6.92 Å². The first-order chi connectivity index (χ1) is 2.91. The first-order valence-corrected chi connectivity index (χ1v) is 3.23. The van der Waals surface area contributed by atoms with Gasteiger partial charge < -0.3 is 0 Å². The lowest BCUT2D eigenvalue weighted by Crippen LogP contribution is -1.82. The van der Waals surface area contributed by atoms with Crippen LogP contribution in [-0.2, 0) is 5.11 Å². The van der Waals surface area contributed by atoms with Gasteiger partial charge in [0.15, 0.2) is 0 Å². The summed E-state index contributed by atoms with van der Waals surface area (Å²) in [6, 6.07) is 0. The van der Waals surface area contributed by atoms with Crippen molar-refractivity contribution in [1.29, 1.82) is 0 Å². The van der Waals surface area contributed by atoms with Crippen molar-refractivity contribution in [2.24, 2.45) is 0 Å². The fraction of sp³-hybridized carbons (Fsp3) is 1.00. The van der Waals surface area contributed by atoms with Gasteiger partial charge in [0.1, 0.15) is 0 Å². The molecule has 0 unspecified atom stereocenters. The smallest absolute Gasteiger partial charge is 0.0912 e. The largest absolute Gasteiger partial charge is 0.236 e. The zero-order valence-electron chi connectivity index (χ0n) is 3.94. The Bertz CT molecular complexity index is 19.5. The second kappa shape index (κ2) is 5.31. The Morgan fingerprint density at radius 3 is 2.50 bits per heavy atom. The zero-order valence-corrected chi connectivity index (χ0v) is 4.75. The minimum Gasteiger partial charge on any atom is -0.236 e. The summed E-state index contributed by atoms with van der Waals surface area (Å²) in [5.41, 5.74) is 0. The van der Waals surface area contributed by atoms with E-state index in [0.29, 0.717) is 0 Å². The number of thioether (sulfide) groups is 1. The minimum atomic E-state index is 0.0680. The topological polar surface area (TPSA) is 19.9 Å². The summed E-state index contributed by atoms with van der Waals surface area (Å²) in [5, 5.41) is 9.67. The lowest BCUT2D eigenvalue weighted by Gasteiger charge is -1.85. The SMILES string of the molecule is CCSCC[O]. The van der Waals surface area contributed by atoms with Gasteiger partial charge in [0.05, 0.1) is 6.61 Å². The molecule has 2 heteroatoms. The highest BCUT2D eigenvalue weighted by atomic mass is 32.2. The van der Waals surface area contributed by atoms with Gasteiger partial charge in [-0.2, -0.15) is 11.8 Å². The fourth-order valence-electron chi connectivity index (χ4n) is 0.203. The molecule has 0 aliphatic carbocycles. The van der Waals surface area contributed by atoms with Crippen LogP contribution < -0.4 is 0 Å². The second-order valence-electron chi connectivity index (χ2n) is 0.901. The van der Waals surface area contributed by atoms with Gasteiger partial charge in [-0.25, -0.2) is 5.11 Å². The van der Waals surface area contributed by atoms with Crippen LogP contribution >= 0.6 is 11.8 Å². The Kier molecular flexibility index (Phi) is 5.58. The molecule has 0 aromatic carbocycles. The van der Waals surface area contributed by atoms with Crippen molar-refractivity contribution in [3.8, 4) is 0 Å². The molecule has 0 N–H and O–H groups in total. The Morgan fingerprint density at radius 1 is 1.67 bits per heavy atom. The van der Waals surface area contributed by atoms with Crippen LogP contribution in [0.4, 0.5) is 0 Å². The average Bonchev–Trinajstić information content (AvgIpc) is 1.61. The molecule has 1 nitrogen and oxygen atoms in total. The third kappa shape index (κ3) is 4.31. The number of hydrogen-bond acceptors (Lipinski definition) is 1. The maximum Gasteiger partial charge on any atom is 0.0912 e. The lowest BCUT2D eigenvalue weighted by atomic mass is 10.9.